The van der Waals surface area contributed by atoms with E-state index in [1.807, 2.05) is 11.5 Å². The molecule has 2 rings (SSSR count). The van der Waals surface area contributed by atoms with Crippen molar-refractivity contribution in [1.82, 2.24) is 14.5 Å². The highest BCUT2D eigenvalue weighted by molar-refractivity contribution is 5.95. The van der Waals surface area contributed by atoms with Crippen LogP contribution in [-0.4, -0.2) is 45.9 Å². The number of aryl methyl sites for hydroxylation is 1. The molecule has 0 saturated carbocycles. The van der Waals surface area contributed by atoms with Crippen LogP contribution in [0.5, 0.6) is 0 Å². The number of fused-ring (bicyclic) bond motifs is 1. The Kier molecular flexibility index (Phi) is 4.60. The molecule has 0 aliphatic carbocycles. The summed E-state index contributed by atoms with van der Waals surface area (Å²) >= 11 is 0. The lowest BCUT2D eigenvalue weighted by Gasteiger charge is -2.19. The number of nitrogens with zero attached hydrogens (tertiary/aromatic N) is 3. The number of rotatable bonds is 6. The van der Waals surface area contributed by atoms with Gasteiger partial charge in [-0.15, -0.1) is 0 Å². The number of imidazole rings is 1. The molecule has 7 heteroatoms. The Morgan fingerprint density at radius 3 is 3.00 bits per heavy atom. The van der Waals surface area contributed by atoms with Crippen LogP contribution >= 0.6 is 0 Å². The Morgan fingerprint density at radius 1 is 1.55 bits per heavy atom. The minimum absolute atomic E-state index is 0.0611. The molecular weight excluding hydrogens is 258 g/mol. The number of hydrogen-bond donors (Lipinski definition) is 2. The van der Waals surface area contributed by atoms with Gasteiger partial charge in [0.2, 0.25) is 11.9 Å². The number of hydrogen-bond acceptors (Lipinski definition) is 4. The van der Waals surface area contributed by atoms with Crippen molar-refractivity contribution in [3.8, 4) is 0 Å². The highest BCUT2D eigenvalue weighted by Crippen LogP contribution is 2.15. The first kappa shape index (κ1) is 14.4. The maximum absolute atomic E-state index is 12.4. The zero-order valence-corrected chi connectivity index (χ0v) is 11.8. The normalized spacial score (nSPS) is 13.4. The van der Waals surface area contributed by atoms with Crippen LogP contribution in [0.1, 0.15) is 36.7 Å². The molecule has 1 aliphatic rings. The number of carbonyl (C=O) groups is 2. The summed E-state index contributed by atoms with van der Waals surface area (Å²) in [7, 11) is 0. The molecule has 1 aliphatic heterocycles. The molecule has 3 N–H and O–H groups in total. The fourth-order valence-corrected chi connectivity index (χ4v) is 2.23. The highest BCUT2D eigenvalue weighted by atomic mass is 16.2. The lowest BCUT2D eigenvalue weighted by Crippen LogP contribution is -2.39. The van der Waals surface area contributed by atoms with Gasteiger partial charge in [0.05, 0.1) is 6.54 Å². The zero-order valence-electron chi connectivity index (χ0n) is 11.8. The van der Waals surface area contributed by atoms with Gasteiger partial charge < -0.3 is 20.5 Å². The smallest absolute Gasteiger partial charge is 0.274 e. The van der Waals surface area contributed by atoms with E-state index in [0.29, 0.717) is 18.2 Å². The number of nitrogens with one attached hydrogen (secondary N) is 1. The second-order valence-electron chi connectivity index (χ2n) is 4.97. The predicted molar refractivity (Wildman–Crippen MR) is 75.3 cm³/mol. The van der Waals surface area contributed by atoms with Crippen LogP contribution in [0.4, 0.5) is 5.95 Å². The van der Waals surface area contributed by atoms with Crippen LogP contribution in [0.25, 0.3) is 0 Å². The molecule has 0 unspecified atom stereocenters. The number of amides is 2. The summed E-state index contributed by atoms with van der Waals surface area (Å²) < 4.78 is 1.93. The van der Waals surface area contributed by atoms with E-state index < -0.39 is 5.91 Å². The molecule has 0 aromatic carbocycles. The quantitative estimate of drug-likeness (QED) is 0.789. The molecule has 1 aromatic heterocycles. The minimum atomic E-state index is -0.503. The molecule has 20 heavy (non-hydrogen) atoms. The van der Waals surface area contributed by atoms with E-state index >= 15 is 0 Å². The number of nitrogens with two attached hydrogens (primary N) is 1. The maximum Gasteiger partial charge on any atom is 0.274 e. The first-order valence-corrected chi connectivity index (χ1v) is 7.00. The zero-order chi connectivity index (χ0) is 14.5. The third kappa shape index (κ3) is 3.28. The fraction of sp³-hybridized carbons (Fsp3) is 0.615. The Balaban J connectivity index is 2.13. The Hall–Kier alpha value is -2.05. The average Bonchev–Trinajstić information content (AvgIpc) is 2.86. The number of primary amides is 1. The standard InChI is InChI=1S/C13H21N5O2/c1-2-3-6-17(9-11(14)19)12(20)10-8-18-7-4-5-15-13(18)16-10/h8H,2-7,9H2,1H3,(H2,14,19)(H,15,16). The van der Waals surface area contributed by atoms with Gasteiger partial charge in [-0.2, -0.15) is 0 Å². The van der Waals surface area contributed by atoms with Gasteiger partial charge in [0.15, 0.2) is 0 Å². The van der Waals surface area contributed by atoms with Gasteiger partial charge in [0.25, 0.3) is 5.91 Å². The van der Waals surface area contributed by atoms with Crippen molar-refractivity contribution in [2.45, 2.75) is 32.7 Å². The summed E-state index contributed by atoms with van der Waals surface area (Å²) in [5, 5.41) is 3.15. The van der Waals surface area contributed by atoms with E-state index in [1.54, 1.807) is 6.20 Å². The number of carbonyl (C=O) groups excluding carboxylic acids is 2. The first-order valence-electron chi connectivity index (χ1n) is 7.00. The molecule has 1 aromatic rings. The van der Waals surface area contributed by atoms with E-state index in [9.17, 15) is 9.59 Å². The monoisotopic (exact) mass is 279 g/mol. The predicted octanol–water partition coefficient (Wildman–Crippen LogP) is 0.426. The van der Waals surface area contributed by atoms with Crippen molar-refractivity contribution in [2.24, 2.45) is 5.73 Å². The second kappa shape index (κ2) is 6.40. The van der Waals surface area contributed by atoms with Gasteiger partial charge >= 0.3 is 0 Å². The van der Waals surface area contributed by atoms with Gasteiger partial charge in [-0.05, 0) is 12.8 Å². The molecule has 7 nitrogen and oxygen atoms in total. The molecule has 0 bridgehead atoms. The van der Waals surface area contributed by atoms with Crippen molar-refractivity contribution < 1.29 is 9.59 Å². The second-order valence-corrected chi connectivity index (χ2v) is 4.97. The molecule has 2 heterocycles. The summed E-state index contributed by atoms with van der Waals surface area (Å²) in [6.07, 6.45) is 4.54. The van der Waals surface area contributed by atoms with Gasteiger partial charge in [-0.25, -0.2) is 4.98 Å². The number of aromatic nitrogens is 2. The first-order chi connectivity index (χ1) is 9.61. The largest absolute Gasteiger partial charge is 0.368 e. The van der Waals surface area contributed by atoms with E-state index in [4.69, 9.17) is 5.73 Å². The van der Waals surface area contributed by atoms with Crippen LogP contribution in [0, 0.1) is 0 Å². The summed E-state index contributed by atoms with van der Waals surface area (Å²) in [6.45, 7) is 4.22. The van der Waals surface area contributed by atoms with Crippen LogP contribution in [-0.2, 0) is 11.3 Å². The third-order valence-electron chi connectivity index (χ3n) is 3.27. The summed E-state index contributed by atoms with van der Waals surface area (Å²) in [5.74, 6) is -0.0217. The van der Waals surface area contributed by atoms with Crippen molar-refractivity contribution >= 4 is 17.8 Å². The van der Waals surface area contributed by atoms with Crippen molar-refractivity contribution in [1.29, 1.82) is 0 Å². The Labute approximate surface area is 118 Å². The average molecular weight is 279 g/mol. The summed E-state index contributed by atoms with van der Waals surface area (Å²) in [5.41, 5.74) is 5.57. The van der Waals surface area contributed by atoms with Crippen LogP contribution in [0.2, 0.25) is 0 Å². The molecule has 2 amide bonds. The van der Waals surface area contributed by atoms with Crippen molar-refractivity contribution in [2.75, 3.05) is 25.0 Å². The molecule has 0 saturated heterocycles. The molecule has 0 atom stereocenters. The summed E-state index contributed by atoms with van der Waals surface area (Å²) in [6, 6.07) is 0. The molecular formula is C13H21N5O2. The number of anilines is 1. The number of unbranched alkanes of at least 4 members (excludes halogenated alkanes) is 1. The third-order valence-corrected chi connectivity index (χ3v) is 3.27. The highest BCUT2D eigenvalue weighted by Gasteiger charge is 2.22. The van der Waals surface area contributed by atoms with E-state index in [2.05, 4.69) is 10.3 Å². The van der Waals surface area contributed by atoms with E-state index in [-0.39, 0.29) is 12.5 Å². The van der Waals surface area contributed by atoms with Crippen LogP contribution in [0.15, 0.2) is 6.20 Å². The van der Waals surface area contributed by atoms with Gasteiger partial charge in [0, 0.05) is 25.8 Å². The van der Waals surface area contributed by atoms with Crippen LogP contribution in [0.3, 0.4) is 0 Å². The SMILES string of the molecule is CCCCN(CC(N)=O)C(=O)c1cn2c(n1)NCCC2. The van der Waals surface area contributed by atoms with Crippen molar-refractivity contribution in [3.63, 3.8) is 0 Å². The van der Waals surface area contributed by atoms with Gasteiger partial charge in [-0.1, -0.05) is 13.3 Å². The summed E-state index contributed by atoms with van der Waals surface area (Å²) in [4.78, 5) is 29.3. The van der Waals surface area contributed by atoms with Crippen molar-refractivity contribution in [3.05, 3.63) is 11.9 Å². The Bertz CT molecular complexity index is 473. The maximum atomic E-state index is 12.4. The van der Waals surface area contributed by atoms with E-state index in [0.717, 1.165) is 32.4 Å². The molecule has 0 spiro atoms. The molecule has 110 valence electrons. The molecule has 0 fully saturated rings. The molecule has 0 radical (unpaired) electrons. The fourth-order valence-electron chi connectivity index (χ4n) is 2.23. The van der Waals surface area contributed by atoms with Crippen LogP contribution < -0.4 is 11.1 Å². The minimum Gasteiger partial charge on any atom is -0.368 e. The van der Waals surface area contributed by atoms with E-state index in [1.165, 1.54) is 4.90 Å². The topological polar surface area (TPSA) is 93.2 Å². The van der Waals surface area contributed by atoms with Gasteiger partial charge in [0.1, 0.15) is 5.69 Å². The lowest BCUT2D eigenvalue weighted by atomic mass is 10.3. The lowest BCUT2D eigenvalue weighted by molar-refractivity contribution is -0.118. The van der Waals surface area contributed by atoms with Gasteiger partial charge in [-0.3, -0.25) is 9.59 Å². The Morgan fingerprint density at radius 2 is 2.35 bits per heavy atom.